The van der Waals surface area contributed by atoms with Gasteiger partial charge in [0.1, 0.15) is 34.9 Å². The molecule has 3 aromatic carbocycles. The van der Waals surface area contributed by atoms with Crippen molar-refractivity contribution < 1.29 is 34.1 Å². The van der Waals surface area contributed by atoms with Crippen LogP contribution < -0.4 is 15.4 Å². The Labute approximate surface area is 239 Å². The second-order valence-corrected chi connectivity index (χ2v) is 10.4. The van der Waals surface area contributed by atoms with Crippen molar-refractivity contribution in [1.29, 1.82) is 0 Å². The molecule has 0 aliphatic carbocycles. The molecule has 0 bridgehead atoms. The molecule has 2 unspecified atom stereocenters. The fourth-order valence-electron chi connectivity index (χ4n) is 4.24. The molecule has 4 N–H and O–H groups in total. The first-order valence-electron chi connectivity index (χ1n) is 13.2. The van der Waals surface area contributed by atoms with Crippen LogP contribution in [-0.2, 0) is 20.7 Å². The number of methoxy groups -OCH3 is 1. The van der Waals surface area contributed by atoms with E-state index < -0.39 is 35.6 Å². The van der Waals surface area contributed by atoms with E-state index in [4.69, 9.17) is 9.47 Å². The van der Waals surface area contributed by atoms with Gasteiger partial charge in [-0.2, -0.15) is 0 Å². The van der Waals surface area contributed by atoms with Crippen LogP contribution in [-0.4, -0.2) is 58.3 Å². The van der Waals surface area contributed by atoms with Crippen LogP contribution >= 0.6 is 0 Å². The third kappa shape index (κ3) is 8.63. The summed E-state index contributed by atoms with van der Waals surface area (Å²) in [5.74, 6) is -0.626. The topological polar surface area (TPSA) is 137 Å². The second-order valence-electron chi connectivity index (χ2n) is 10.4. The van der Waals surface area contributed by atoms with E-state index in [0.29, 0.717) is 17.0 Å². The van der Waals surface area contributed by atoms with Crippen molar-refractivity contribution in [2.45, 2.75) is 51.8 Å². The van der Waals surface area contributed by atoms with Crippen LogP contribution in [0.15, 0.2) is 72.8 Å². The van der Waals surface area contributed by atoms with E-state index in [-0.39, 0.29) is 30.0 Å². The van der Waals surface area contributed by atoms with Crippen molar-refractivity contribution in [2.75, 3.05) is 19.0 Å². The SMILES string of the molecule is CCN(C(=O)C(Cc1ccc(O)cc1)NC(=O)OC(C)(C)C)C(C(=O)Nc1ccc(OC)cc1)c1ccccc1O. The van der Waals surface area contributed by atoms with Gasteiger partial charge in [-0.1, -0.05) is 30.3 Å². The Hall–Kier alpha value is -4.73. The number of likely N-dealkylation sites (N-methyl/N-ethyl adjacent to an activating group) is 1. The van der Waals surface area contributed by atoms with E-state index in [1.165, 1.54) is 30.2 Å². The number of alkyl carbamates (subject to hydrolysis) is 1. The number of nitrogens with zero attached hydrogens (tertiary/aromatic N) is 1. The minimum Gasteiger partial charge on any atom is -0.508 e. The zero-order valence-electron chi connectivity index (χ0n) is 23.9. The van der Waals surface area contributed by atoms with Crippen molar-refractivity contribution in [2.24, 2.45) is 0 Å². The highest BCUT2D eigenvalue weighted by atomic mass is 16.6. The number of rotatable bonds is 10. The van der Waals surface area contributed by atoms with Gasteiger partial charge in [-0.15, -0.1) is 0 Å². The number of ether oxygens (including phenoxy) is 2. The fraction of sp³-hybridized carbons (Fsp3) is 0.323. The molecule has 3 amide bonds. The van der Waals surface area contributed by atoms with Gasteiger partial charge in [0.25, 0.3) is 5.91 Å². The maximum absolute atomic E-state index is 14.1. The summed E-state index contributed by atoms with van der Waals surface area (Å²) in [6.07, 6.45) is -0.741. The summed E-state index contributed by atoms with van der Waals surface area (Å²) >= 11 is 0. The molecule has 10 nitrogen and oxygen atoms in total. The molecule has 0 heterocycles. The van der Waals surface area contributed by atoms with Gasteiger partial charge in [-0.05, 0) is 75.7 Å². The summed E-state index contributed by atoms with van der Waals surface area (Å²) in [6.45, 7) is 6.91. The molecular weight excluding hydrogens is 526 g/mol. The van der Waals surface area contributed by atoms with Gasteiger partial charge < -0.3 is 35.2 Å². The maximum Gasteiger partial charge on any atom is 0.408 e. The highest BCUT2D eigenvalue weighted by Crippen LogP contribution is 2.31. The lowest BCUT2D eigenvalue weighted by atomic mass is 9.99. The highest BCUT2D eigenvalue weighted by Gasteiger charge is 2.37. The lowest BCUT2D eigenvalue weighted by Gasteiger charge is -2.34. The molecule has 2 atom stereocenters. The Morgan fingerprint density at radius 3 is 2.12 bits per heavy atom. The molecule has 0 aliphatic heterocycles. The first-order chi connectivity index (χ1) is 19.4. The Balaban J connectivity index is 2.00. The predicted molar refractivity (Wildman–Crippen MR) is 155 cm³/mol. The largest absolute Gasteiger partial charge is 0.508 e. The summed E-state index contributed by atoms with van der Waals surface area (Å²) in [4.78, 5) is 42.0. The van der Waals surface area contributed by atoms with Gasteiger partial charge in [0.2, 0.25) is 5.91 Å². The first kappa shape index (κ1) is 30.8. The number of anilines is 1. The number of amides is 3. The number of para-hydroxylation sites is 1. The molecule has 0 aliphatic rings. The van der Waals surface area contributed by atoms with Crippen molar-refractivity contribution in [1.82, 2.24) is 10.2 Å². The lowest BCUT2D eigenvalue weighted by Crippen LogP contribution is -2.53. The average Bonchev–Trinajstić information content (AvgIpc) is 2.92. The summed E-state index contributed by atoms with van der Waals surface area (Å²) in [7, 11) is 1.53. The van der Waals surface area contributed by atoms with Gasteiger partial charge in [-0.3, -0.25) is 9.59 Å². The Kier molecular flexibility index (Phi) is 10.2. The van der Waals surface area contributed by atoms with Crippen molar-refractivity contribution in [3.63, 3.8) is 0 Å². The van der Waals surface area contributed by atoms with E-state index >= 15 is 0 Å². The van der Waals surface area contributed by atoms with Crippen molar-refractivity contribution >= 4 is 23.6 Å². The van der Waals surface area contributed by atoms with Gasteiger partial charge in [0.15, 0.2) is 0 Å². The third-order valence-electron chi connectivity index (χ3n) is 6.14. The Morgan fingerprint density at radius 2 is 1.56 bits per heavy atom. The molecule has 0 saturated heterocycles. The average molecular weight is 564 g/mol. The molecule has 0 fully saturated rings. The van der Waals surface area contributed by atoms with E-state index in [1.807, 2.05) is 0 Å². The van der Waals surface area contributed by atoms with Crippen LogP contribution in [0.2, 0.25) is 0 Å². The molecular formula is C31H37N3O7. The highest BCUT2D eigenvalue weighted by molar-refractivity contribution is 5.99. The minimum absolute atomic E-state index is 0.0572. The standard InChI is InChI=1S/C31H37N3O7/c1-6-34(29(38)25(33-30(39)41-31(2,3)4)19-20-11-15-22(35)16-12-20)27(24-9-7-8-10-26(24)36)28(37)32-21-13-17-23(40-5)18-14-21/h7-18,25,27,35-36H,6,19H2,1-5H3,(H,32,37)(H,33,39). The molecule has 0 aromatic heterocycles. The maximum atomic E-state index is 14.1. The zero-order valence-corrected chi connectivity index (χ0v) is 23.9. The molecule has 0 spiro atoms. The van der Waals surface area contributed by atoms with E-state index in [9.17, 15) is 24.6 Å². The summed E-state index contributed by atoms with van der Waals surface area (Å²) in [6, 6.07) is 16.9. The number of phenolic OH excluding ortho intramolecular Hbond substituents is 2. The number of hydrogen-bond donors (Lipinski definition) is 4. The van der Waals surface area contributed by atoms with E-state index in [1.54, 1.807) is 82.3 Å². The number of hydrogen-bond acceptors (Lipinski definition) is 7. The third-order valence-corrected chi connectivity index (χ3v) is 6.14. The van der Waals surface area contributed by atoms with Crippen molar-refractivity contribution in [3.05, 3.63) is 83.9 Å². The number of aromatic hydroxyl groups is 2. The fourth-order valence-corrected chi connectivity index (χ4v) is 4.24. The predicted octanol–water partition coefficient (Wildman–Crippen LogP) is 4.77. The van der Waals surface area contributed by atoms with Gasteiger partial charge in [0.05, 0.1) is 7.11 Å². The molecule has 3 rings (SSSR count). The van der Waals surface area contributed by atoms with Crippen LogP contribution in [0.25, 0.3) is 0 Å². The van der Waals surface area contributed by atoms with E-state index in [0.717, 1.165) is 0 Å². The molecule has 0 saturated carbocycles. The molecule has 41 heavy (non-hydrogen) atoms. The zero-order chi connectivity index (χ0) is 30.2. The lowest BCUT2D eigenvalue weighted by molar-refractivity contribution is -0.140. The molecule has 218 valence electrons. The minimum atomic E-state index is -1.24. The van der Waals surface area contributed by atoms with E-state index in [2.05, 4.69) is 10.6 Å². The molecule has 0 radical (unpaired) electrons. The summed E-state index contributed by atoms with van der Waals surface area (Å²) < 4.78 is 10.6. The van der Waals surface area contributed by atoms with Crippen LogP contribution in [0, 0.1) is 0 Å². The smallest absolute Gasteiger partial charge is 0.408 e. The van der Waals surface area contributed by atoms with Crippen LogP contribution in [0.1, 0.15) is 44.9 Å². The number of benzene rings is 3. The molecule has 3 aromatic rings. The quantitative estimate of drug-likeness (QED) is 0.279. The van der Waals surface area contributed by atoms with Gasteiger partial charge in [-0.25, -0.2) is 4.79 Å². The second kappa shape index (κ2) is 13.6. The number of phenols is 2. The van der Waals surface area contributed by atoms with Gasteiger partial charge >= 0.3 is 6.09 Å². The Bertz CT molecular complexity index is 1340. The van der Waals surface area contributed by atoms with Crippen LogP contribution in [0.4, 0.5) is 10.5 Å². The van der Waals surface area contributed by atoms with Crippen LogP contribution in [0.5, 0.6) is 17.2 Å². The number of carbonyl (C=O) groups is 3. The molecule has 10 heteroatoms. The monoisotopic (exact) mass is 563 g/mol. The number of carbonyl (C=O) groups excluding carboxylic acids is 3. The van der Waals surface area contributed by atoms with Gasteiger partial charge in [0, 0.05) is 24.2 Å². The van der Waals surface area contributed by atoms with Crippen LogP contribution in [0.3, 0.4) is 0 Å². The first-order valence-corrected chi connectivity index (χ1v) is 13.2. The normalized spacial score (nSPS) is 12.5. The summed E-state index contributed by atoms with van der Waals surface area (Å²) in [5.41, 5.74) is 0.536. The summed E-state index contributed by atoms with van der Waals surface area (Å²) in [5, 5.41) is 25.9. The van der Waals surface area contributed by atoms with Crippen molar-refractivity contribution in [3.8, 4) is 17.2 Å². The number of nitrogens with one attached hydrogen (secondary N) is 2. The Morgan fingerprint density at radius 1 is 0.927 bits per heavy atom.